The number of carbonyl (C=O) groups is 1. The van der Waals surface area contributed by atoms with Gasteiger partial charge in [0.05, 0.1) is 6.61 Å². The highest BCUT2D eigenvalue weighted by atomic mass is 16.7. The highest BCUT2D eigenvalue weighted by Crippen LogP contribution is 2.60. The van der Waals surface area contributed by atoms with Crippen molar-refractivity contribution in [2.24, 2.45) is 16.7 Å². The molecule has 0 aliphatic heterocycles. The molecule has 0 aromatic heterocycles. The quantitative estimate of drug-likeness (QED) is 0.545. The topological polar surface area (TPSA) is 35.5 Å². The number of carbonyl (C=O) groups excluding carboxylic acids is 1. The van der Waals surface area contributed by atoms with E-state index in [1.54, 1.807) is 7.11 Å². The van der Waals surface area contributed by atoms with Gasteiger partial charge in [0.2, 0.25) is 0 Å². The fourth-order valence-electron chi connectivity index (χ4n) is 3.75. The van der Waals surface area contributed by atoms with Crippen LogP contribution in [0, 0.1) is 16.7 Å². The van der Waals surface area contributed by atoms with Gasteiger partial charge in [0.1, 0.15) is 12.6 Å². The Balaban J connectivity index is 2.03. The van der Waals surface area contributed by atoms with Gasteiger partial charge in [0, 0.05) is 20.0 Å². The molecule has 0 amide bonds. The molecule has 2 aliphatic rings. The minimum Gasteiger partial charge on any atom is -0.359 e. The van der Waals surface area contributed by atoms with Crippen LogP contribution < -0.4 is 0 Å². The molecule has 92 valence electrons. The molecule has 0 saturated heterocycles. The number of ether oxygens (including phenoxy) is 2. The summed E-state index contributed by atoms with van der Waals surface area (Å²) in [5, 5.41) is 0. The van der Waals surface area contributed by atoms with Crippen LogP contribution in [0.1, 0.15) is 39.5 Å². The zero-order valence-electron chi connectivity index (χ0n) is 10.5. The van der Waals surface area contributed by atoms with Crippen LogP contribution in [0.5, 0.6) is 0 Å². The standard InChI is InChI=1S/C13H22O3/c1-12-4-5-13(2,8-16-9-15-3)11(12)6-10(14)7-12/h11H,4-9H2,1-3H3/t11-,12+,13-/m0/s1. The highest BCUT2D eigenvalue weighted by Gasteiger charge is 2.56. The maximum Gasteiger partial charge on any atom is 0.146 e. The Hall–Kier alpha value is -0.410. The second kappa shape index (κ2) is 4.11. The van der Waals surface area contributed by atoms with Crippen molar-refractivity contribution in [1.82, 2.24) is 0 Å². The van der Waals surface area contributed by atoms with E-state index in [2.05, 4.69) is 13.8 Å². The summed E-state index contributed by atoms with van der Waals surface area (Å²) < 4.78 is 10.4. The van der Waals surface area contributed by atoms with Crippen LogP contribution in [0.4, 0.5) is 0 Å². The monoisotopic (exact) mass is 226 g/mol. The molecule has 0 spiro atoms. The summed E-state index contributed by atoms with van der Waals surface area (Å²) in [5.74, 6) is 0.939. The van der Waals surface area contributed by atoms with Gasteiger partial charge in [0.25, 0.3) is 0 Å². The molecule has 3 atom stereocenters. The number of fused-ring (bicyclic) bond motifs is 1. The zero-order valence-corrected chi connectivity index (χ0v) is 10.5. The molecule has 2 rings (SSSR count). The summed E-state index contributed by atoms with van der Waals surface area (Å²) in [6.07, 6.45) is 3.86. The van der Waals surface area contributed by atoms with E-state index in [4.69, 9.17) is 9.47 Å². The number of hydrogen-bond donors (Lipinski definition) is 0. The number of ketones is 1. The normalized spacial score (nSPS) is 42.7. The van der Waals surface area contributed by atoms with Crippen molar-refractivity contribution < 1.29 is 14.3 Å². The maximum absolute atomic E-state index is 11.6. The zero-order chi connectivity index (χ0) is 11.8. The van der Waals surface area contributed by atoms with E-state index >= 15 is 0 Å². The van der Waals surface area contributed by atoms with Crippen LogP contribution in [0.25, 0.3) is 0 Å². The molecule has 0 aromatic rings. The fraction of sp³-hybridized carbons (Fsp3) is 0.923. The van der Waals surface area contributed by atoms with Crippen LogP contribution in [0.3, 0.4) is 0 Å². The Morgan fingerprint density at radius 2 is 2.12 bits per heavy atom. The molecule has 0 unspecified atom stereocenters. The van der Waals surface area contributed by atoms with Crippen molar-refractivity contribution in [3.63, 3.8) is 0 Å². The Morgan fingerprint density at radius 3 is 2.81 bits per heavy atom. The van der Waals surface area contributed by atoms with Gasteiger partial charge in [-0.2, -0.15) is 0 Å². The maximum atomic E-state index is 11.6. The van der Waals surface area contributed by atoms with Crippen molar-refractivity contribution in [3.05, 3.63) is 0 Å². The van der Waals surface area contributed by atoms with Gasteiger partial charge in [-0.25, -0.2) is 0 Å². The van der Waals surface area contributed by atoms with Crippen LogP contribution in [0.15, 0.2) is 0 Å². The van der Waals surface area contributed by atoms with Gasteiger partial charge in [-0.1, -0.05) is 13.8 Å². The van der Waals surface area contributed by atoms with Crippen molar-refractivity contribution in [2.45, 2.75) is 39.5 Å². The summed E-state index contributed by atoms with van der Waals surface area (Å²) in [7, 11) is 1.64. The lowest BCUT2D eigenvalue weighted by atomic mass is 9.73. The molecule has 2 saturated carbocycles. The predicted molar refractivity (Wildman–Crippen MR) is 61.0 cm³/mol. The molecule has 0 bridgehead atoms. The summed E-state index contributed by atoms with van der Waals surface area (Å²) >= 11 is 0. The fourth-order valence-corrected chi connectivity index (χ4v) is 3.75. The van der Waals surface area contributed by atoms with E-state index in [0.717, 1.165) is 19.3 Å². The molecule has 2 aliphatic carbocycles. The van der Waals surface area contributed by atoms with E-state index in [0.29, 0.717) is 25.1 Å². The van der Waals surface area contributed by atoms with Gasteiger partial charge < -0.3 is 9.47 Å². The van der Waals surface area contributed by atoms with E-state index in [9.17, 15) is 4.79 Å². The van der Waals surface area contributed by atoms with Crippen molar-refractivity contribution >= 4 is 5.78 Å². The largest absolute Gasteiger partial charge is 0.359 e. The second-order valence-electron chi connectivity index (χ2n) is 6.04. The molecule has 3 heteroatoms. The summed E-state index contributed by atoms with van der Waals surface area (Å²) in [6.45, 7) is 5.60. The van der Waals surface area contributed by atoms with Gasteiger partial charge in [-0.3, -0.25) is 4.79 Å². The molecular weight excluding hydrogens is 204 g/mol. The van der Waals surface area contributed by atoms with Gasteiger partial charge in [-0.05, 0) is 29.6 Å². The Morgan fingerprint density at radius 1 is 1.38 bits per heavy atom. The van der Waals surface area contributed by atoms with Crippen LogP contribution in [-0.2, 0) is 14.3 Å². The molecule has 0 N–H and O–H groups in total. The summed E-state index contributed by atoms with van der Waals surface area (Å²) in [5.41, 5.74) is 0.404. The van der Waals surface area contributed by atoms with E-state index in [1.165, 1.54) is 6.42 Å². The Kier molecular flexibility index (Phi) is 3.10. The third-order valence-electron chi connectivity index (χ3n) is 4.62. The average Bonchev–Trinajstić information content (AvgIpc) is 2.63. The Labute approximate surface area is 97.5 Å². The number of hydrogen-bond acceptors (Lipinski definition) is 3. The van der Waals surface area contributed by atoms with E-state index in [1.807, 2.05) is 0 Å². The molecule has 2 fully saturated rings. The van der Waals surface area contributed by atoms with Crippen LogP contribution in [-0.4, -0.2) is 26.3 Å². The lowest BCUT2D eigenvalue weighted by molar-refractivity contribution is -0.118. The molecule has 0 aromatic carbocycles. The average molecular weight is 226 g/mol. The molecule has 0 radical (unpaired) electrons. The third kappa shape index (κ3) is 1.91. The minimum absolute atomic E-state index is 0.166. The second-order valence-corrected chi connectivity index (χ2v) is 6.04. The lowest BCUT2D eigenvalue weighted by Gasteiger charge is -2.33. The van der Waals surface area contributed by atoms with Gasteiger partial charge in [-0.15, -0.1) is 0 Å². The predicted octanol–water partition coefficient (Wildman–Crippen LogP) is 2.39. The first kappa shape index (κ1) is 12.1. The first-order chi connectivity index (χ1) is 7.50. The highest BCUT2D eigenvalue weighted by molar-refractivity contribution is 5.82. The lowest BCUT2D eigenvalue weighted by Crippen LogP contribution is -2.31. The number of Topliss-reactive ketones (excluding diaryl/α,β-unsaturated/α-hetero) is 1. The van der Waals surface area contributed by atoms with Crippen LogP contribution in [0.2, 0.25) is 0 Å². The van der Waals surface area contributed by atoms with Crippen molar-refractivity contribution in [2.75, 3.05) is 20.5 Å². The molecule has 16 heavy (non-hydrogen) atoms. The Bertz CT molecular complexity index is 289. The van der Waals surface area contributed by atoms with Crippen molar-refractivity contribution in [3.8, 4) is 0 Å². The van der Waals surface area contributed by atoms with Gasteiger partial charge in [0.15, 0.2) is 0 Å². The first-order valence-corrected chi connectivity index (χ1v) is 6.09. The molecule has 3 nitrogen and oxygen atoms in total. The first-order valence-electron chi connectivity index (χ1n) is 6.09. The summed E-state index contributed by atoms with van der Waals surface area (Å²) in [4.78, 5) is 11.6. The van der Waals surface area contributed by atoms with Gasteiger partial charge >= 0.3 is 0 Å². The molecular formula is C13H22O3. The number of methoxy groups -OCH3 is 1. The minimum atomic E-state index is 0.166. The molecule has 0 heterocycles. The SMILES string of the molecule is COCOC[C@]1(C)CC[C@]2(C)CC(=O)C[C@H]12. The summed E-state index contributed by atoms with van der Waals surface area (Å²) in [6, 6.07) is 0. The van der Waals surface area contributed by atoms with E-state index in [-0.39, 0.29) is 10.8 Å². The van der Waals surface area contributed by atoms with E-state index < -0.39 is 0 Å². The smallest absolute Gasteiger partial charge is 0.146 e. The third-order valence-corrected chi connectivity index (χ3v) is 4.62. The van der Waals surface area contributed by atoms with Crippen molar-refractivity contribution in [1.29, 1.82) is 0 Å². The number of rotatable bonds is 4. The van der Waals surface area contributed by atoms with Crippen LogP contribution >= 0.6 is 0 Å².